The number of rotatable bonds is 2. The van der Waals surface area contributed by atoms with Crippen LogP contribution in [-0.2, 0) is 28.7 Å². The van der Waals surface area contributed by atoms with Gasteiger partial charge in [-0.3, -0.25) is 14.4 Å². The number of cyclic esters (lactones) is 2. The van der Waals surface area contributed by atoms with Crippen LogP contribution in [0.25, 0.3) is 0 Å². The smallest absolute Gasteiger partial charge is 0.348 e. The summed E-state index contributed by atoms with van der Waals surface area (Å²) >= 11 is 0. The summed E-state index contributed by atoms with van der Waals surface area (Å²) in [7, 11) is 0. The van der Waals surface area contributed by atoms with Crippen LogP contribution in [-0.4, -0.2) is 49.6 Å². The Morgan fingerprint density at radius 3 is 2.75 bits per heavy atom. The molecule has 0 spiro atoms. The Morgan fingerprint density at radius 2 is 2.04 bits per heavy atom. The summed E-state index contributed by atoms with van der Waals surface area (Å²) in [5.74, 6) is -2.59. The Balaban J connectivity index is 2.77. The van der Waals surface area contributed by atoms with Gasteiger partial charge in [0.1, 0.15) is 0 Å². The fraction of sp³-hybridized carbons (Fsp3) is 0.500. The normalized spacial score (nSPS) is 22.6. The first-order valence-corrected chi connectivity index (χ1v) is 7.63. The Morgan fingerprint density at radius 1 is 1.29 bits per heavy atom. The van der Waals surface area contributed by atoms with Crippen LogP contribution in [0.5, 0.6) is 0 Å². The van der Waals surface area contributed by atoms with Gasteiger partial charge in [0.15, 0.2) is 0 Å². The van der Waals surface area contributed by atoms with E-state index in [9.17, 15) is 19.2 Å². The summed E-state index contributed by atoms with van der Waals surface area (Å²) in [5, 5.41) is 4.86. The topological polar surface area (TPSA) is 111 Å². The number of nitrogens with one attached hydrogen (secondary N) is 2. The van der Waals surface area contributed by atoms with Gasteiger partial charge in [-0.05, 0) is 6.08 Å². The lowest BCUT2D eigenvalue weighted by Crippen LogP contribution is -2.38. The standard InChI is InChI=1S/C16H22N2O6/c1-3-11(2)15-16(22)23-9-5-4-6-12(19)18-10-13(20)17-8-7-14(21)24-15/h3-4,6,11,15H,1,5,7-10H2,2H3,(H,17,20)(H,18,19). The minimum atomic E-state index is -1.09. The Bertz CT molecular complexity index is 529. The SMILES string of the molecule is C=CC(C)C1OC(=O)CCNC(=O)CNC(=O)C=CCCOC1=O. The van der Waals surface area contributed by atoms with E-state index in [0.29, 0.717) is 6.42 Å². The molecule has 0 aromatic heterocycles. The zero-order valence-corrected chi connectivity index (χ0v) is 13.6. The third-order valence-corrected chi connectivity index (χ3v) is 3.21. The van der Waals surface area contributed by atoms with E-state index in [-0.39, 0.29) is 26.1 Å². The quantitative estimate of drug-likeness (QED) is 0.535. The van der Waals surface area contributed by atoms with E-state index in [1.165, 1.54) is 18.2 Å². The van der Waals surface area contributed by atoms with Crippen molar-refractivity contribution in [3.05, 3.63) is 24.8 Å². The maximum atomic E-state index is 12.0. The second kappa shape index (κ2) is 10.2. The average molecular weight is 338 g/mol. The molecule has 0 radical (unpaired) electrons. The Hall–Kier alpha value is -2.64. The molecule has 0 aliphatic carbocycles. The summed E-state index contributed by atoms with van der Waals surface area (Å²) in [4.78, 5) is 46.8. The second-order valence-electron chi connectivity index (χ2n) is 5.18. The predicted octanol–water partition coefficient (Wildman–Crippen LogP) is -0.154. The highest BCUT2D eigenvalue weighted by Gasteiger charge is 2.28. The summed E-state index contributed by atoms with van der Waals surface area (Å²) in [5.41, 5.74) is 0. The first kappa shape index (κ1) is 19.4. The summed E-state index contributed by atoms with van der Waals surface area (Å²) < 4.78 is 10.2. The summed E-state index contributed by atoms with van der Waals surface area (Å²) in [6.07, 6.45) is 3.39. The molecule has 1 aliphatic heterocycles. The zero-order chi connectivity index (χ0) is 17.9. The molecule has 0 saturated carbocycles. The van der Waals surface area contributed by atoms with Crippen molar-refractivity contribution < 1.29 is 28.7 Å². The van der Waals surface area contributed by atoms with Gasteiger partial charge in [-0.2, -0.15) is 0 Å². The van der Waals surface area contributed by atoms with Gasteiger partial charge in [0.05, 0.1) is 19.6 Å². The first-order valence-electron chi connectivity index (χ1n) is 7.63. The van der Waals surface area contributed by atoms with Crippen LogP contribution in [0.3, 0.4) is 0 Å². The van der Waals surface area contributed by atoms with Crippen LogP contribution in [0.1, 0.15) is 19.8 Å². The lowest BCUT2D eigenvalue weighted by Gasteiger charge is -2.20. The molecule has 0 aromatic rings. The molecule has 1 rings (SSSR count). The van der Waals surface area contributed by atoms with Crippen molar-refractivity contribution >= 4 is 23.8 Å². The largest absolute Gasteiger partial charge is 0.463 e. The van der Waals surface area contributed by atoms with Crippen LogP contribution in [0.2, 0.25) is 0 Å². The van der Waals surface area contributed by atoms with Crippen molar-refractivity contribution in [2.45, 2.75) is 25.9 Å². The van der Waals surface area contributed by atoms with Gasteiger partial charge >= 0.3 is 11.9 Å². The molecule has 2 amide bonds. The number of carbonyl (C=O) groups is 4. The molecule has 8 heteroatoms. The predicted molar refractivity (Wildman–Crippen MR) is 84.6 cm³/mol. The van der Waals surface area contributed by atoms with E-state index in [1.54, 1.807) is 6.92 Å². The molecular formula is C16H22N2O6. The van der Waals surface area contributed by atoms with Crippen molar-refractivity contribution in [2.75, 3.05) is 19.7 Å². The number of hydrogen-bond donors (Lipinski definition) is 2. The fourth-order valence-electron chi connectivity index (χ4n) is 1.79. The van der Waals surface area contributed by atoms with E-state index in [0.717, 1.165) is 0 Å². The number of esters is 2. The van der Waals surface area contributed by atoms with Gasteiger partial charge in [0.25, 0.3) is 0 Å². The monoisotopic (exact) mass is 338 g/mol. The highest BCUT2D eigenvalue weighted by Crippen LogP contribution is 2.12. The van der Waals surface area contributed by atoms with Crippen LogP contribution in [0.4, 0.5) is 0 Å². The third-order valence-electron chi connectivity index (χ3n) is 3.21. The Labute approximate surface area is 140 Å². The fourth-order valence-corrected chi connectivity index (χ4v) is 1.79. The van der Waals surface area contributed by atoms with Crippen LogP contribution in [0.15, 0.2) is 24.8 Å². The molecule has 1 aliphatic rings. The molecule has 2 N–H and O–H groups in total. The molecule has 132 valence electrons. The molecule has 1 heterocycles. The maximum Gasteiger partial charge on any atom is 0.348 e. The van der Waals surface area contributed by atoms with Gasteiger partial charge < -0.3 is 20.1 Å². The van der Waals surface area contributed by atoms with Crippen LogP contribution >= 0.6 is 0 Å². The van der Waals surface area contributed by atoms with Crippen molar-refractivity contribution in [1.29, 1.82) is 0 Å². The van der Waals surface area contributed by atoms with Crippen LogP contribution in [0, 0.1) is 5.92 Å². The molecule has 0 bridgehead atoms. The minimum absolute atomic E-state index is 0.0353. The van der Waals surface area contributed by atoms with Crippen molar-refractivity contribution in [3.63, 3.8) is 0 Å². The maximum absolute atomic E-state index is 12.0. The zero-order valence-electron chi connectivity index (χ0n) is 13.6. The van der Waals surface area contributed by atoms with E-state index in [1.807, 2.05) is 0 Å². The molecule has 0 aromatic carbocycles. The minimum Gasteiger partial charge on any atom is -0.463 e. The molecule has 0 fully saturated rings. The lowest BCUT2D eigenvalue weighted by atomic mass is 10.1. The molecule has 24 heavy (non-hydrogen) atoms. The molecule has 2 atom stereocenters. The van der Waals surface area contributed by atoms with Crippen LogP contribution < -0.4 is 10.6 Å². The average Bonchev–Trinajstić information content (AvgIpc) is 2.55. The summed E-state index contributed by atoms with van der Waals surface area (Å²) in [6, 6.07) is 0. The molecule has 2 unspecified atom stereocenters. The highest BCUT2D eigenvalue weighted by atomic mass is 16.6. The lowest BCUT2D eigenvalue weighted by molar-refractivity contribution is -0.170. The second-order valence-corrected chi connectivity index (χ2v) is 5.18. The molecular weight excluding hydrogens is 316 g/mol. The van der Waals surface area contributed by atoms with Crippen molar-refractivity contribution in [2.24, 2.45) is 5.92 Å². The van der Waals surface area contributed by atoms with Gasteiger partial charge in [0, 0.05) is 18.9 Å². The van der Waals surface area contributed by atoms with Gasteiger partial charge in [-0.25, -0.2) is 4.79 Å². The Kier molecular flexibility index (Phi) is 8.24. The third kappa shape index (κ3) is 7.08. The number of carbonyl (C=O) groups excluding carboxylic acids is 4. The number of hydrogen-bond acceptors (Lipinski definition) is 6. The molecule has 0 saturated heterocycles. The van der Waals surface area contributed by atoms with Crippen molar-refractivity contribution in [1.82, 2.24) is 10.6 Å². The van der Waals surface area contributed by atoms with Gasteiger partial charge in [-0.1, -0.05) is 19.1 Å². The van der Waals surface area contributed by atoms with E-state index >= 15 is 0 Å². The van der Waals surface area contributed by atoms with Gasteiger partial charge in [0.2, 0.25) is 17.9 Å². The highest BCUT2D eigenvalue weighted by molar-refractivity contribution is 5.91. The van der Waals surface area contributed by atoms with Crippen molar-refractivity contribution in [3.8, 4) is 0 Å². The number of amides is 2. The van der Waals surface area contributed by atoms with E-state index in [4.69, 9.17) is 9.47 Å². The molecule has 8 nitrogen and oxygen atoms in total. The first-order chi connectivity index (χ1) is 11.4. The number of ether oxygens (including phenoxy) is 2. The van der Waals surface area contributed by atoms with E-state index < -0.39 is 35.8 Å². The van der Waals surface area contributed by atoms with E-state index in [2.05, 4.69) is 17.2 Å². The summed E-state index contributed by atoms with van der Waals surface area (Å²) in [6.45, 7) is 5.15. The van der Waals surface area contributed by atoms with Gasteiger partial charge in [-0.15, -0.1) is 6.58 Å².